The van der Waals surface area contributed by atoms with Crippen LogP contribution in [-0.2, 0) is 10.0 Å². The van der Waals surface area contributed by atoms with Gasteiger partial charge in [-0.15, -0.1) is 0 Å². The van der Waals surface area contributed by atoms with Gasteiger partial charge in [-0.1, -0.05) is 6.07 Å². The molecule has 0 amide bonds. The zero-order valence-corrected chi connectivity index (χ0v) is 11.3. The zero-order chi connectivity index (χ0) is 14.0. The molecule has 0 aliphatic rings. The van der Waals surface area contributed by atoms with Gasteiger partial charge in [0.25, 0.3) is 0 Å². The second-order valence-corrected chi connectivity index (χ2v) is 6.47. The normalized spacial score (nSPS) is 12.2. The SMILES string of the molecule is Cc1ccc(F)cc1S(=O)(=O)NCC(C)(C)C#N. The second kappa shape index (κ2) is 5.04. The summed E-state index contributed by atoms with van der Waals surface area (Å²) in [7, 11) is -3.80. The van der Waals surface area contributed by atoms with Gasteiger partial charge in [0.2, 0.25) is 10.0 Å². The molecule has 1 aromatic carbocycles. The molecule has 18 heavy (non-hydrogen) atoms. The summed E-state index contributed by atoms with van der Waals surface area (Å²) in [5.74, 6) is -0.611. The van der Waals surface area contributed by atoms with E-state index in [9.17, 15) is 12.8 Å². The smallest absolute Gasteiger partial charge is 0.210 e. The van der Waals surface area contributed by atoms with E-state index in [-0.39, 0.29) is 11.4 Å². The summed E-state index contributed by atoms with van der Waals surface area (Å²) in [5, 5.41) is 8.82. The molecule has 98 valence electrons. The quantitative estimate of drug-likeness (QED) is 0.909. The van der Waals surface area contributed by atoms with Crippen molar-refractivity contribution in [2.24, 2.45) is 5.41 Å². The van der Waals surface area contributed by atoms with Crippen LogP contribution in [0.4, 0.5) is 4.39 Å². The summed E-state index contributed by atoms with van der Waals surface area (Å²) in [6.07, 6.45) is 0. The molecular formula is C12H15FN2O2S. The predicted octanol–water partition coefficient (Wildman–Crippen LogP) is 1.96. The van der Waals surface area contributed by atoms with E-state index in [1.54, 1.807) is 20.8 Å². The van der Waals surface area contributed by atoms with E-state index in [2.05, 4.69) is 4.72 Å². The van der Waals surface area contributed by atoms with Crippen LogP contribution in [0.25, 0.3) is 0 Å². The Morgan fingerprint density at radius 1 is 1.44 bits per heavy atom. The molecule has 4 nitrogen and oxygen atoms in total. The first-order valence-electron chi connectivity index (χ1n) is 5.35. The molecule has 0 bridgehead atoms. The molecule has 0 aliphatic carbocycles. The first kappa shape index (κ1) is 14.6. The third-order valence-electron chi connectivity index (χ3n) is 2.45. The largest absolute Gasteiger partial charge is 0.240 e. The Morgan fingerprint density at radius 3 is 2.61 bits per heavy atom. The number of aryl methyl sites for hydroxylation is 1. The lowest BCUT2D eigenvalue weighted by Gasteiger charge is -2.16. The van der Waals surface area contributed by atoms with Crippen LogP contribution >= 0.6 is 0 Å². The number of benzene rings is 1. The van der Waals surface area contributed by atoms with E-state index >= 15 is 0 Å². The fourth-order valence-corrected chi connectivity index (χ4v) is 2.72. The second-order valence-electron chi connectivity index (χ2n) is 4.73. The molecule has 1 N–H and O–H groups in total. The molecule has 0 spiro atoms. The van der Waals surface area contributed by atoms with Gasteiger partial charge in [0.1, 0.15) is 5.82 Å². The van der Waals surface area contributed by atoms with Crippen molar-refractivity contribution in [3.8, 4) is 6.07 Å². The molecule has 0 fully saturated rings. The fourth-order valence-electron chi connectivity index (χ4n) is 1.26. The van der Waals surface area contributed by atoms with Gasteiger partial charge in [-0.05, 0) is 38.5 Å². The van der Waals surface area contributed by atoms with Crippen LogP contribution in [-0.4, -0.2) is 15.0 Å². The maximum absolute atomic E-state index is 13.1. The zero-order valence-electron chi connectivity index (χ0n) is 10.5. The Labute approximate surface area is 106 Å². The van der Waals surface area contributed by atoms with Crippen LogP contribution in [0, 0.1) is 29.5 Å². The molecule has 0 radical (unpaired) electrons. The van der Waals surface area contributed by atoms with Crippen molar-refractivity contribution in [2.75, 3.05) is 6.54 Å². The average Bonchev–Trinajstić information content (AvgIpc) is 2.30. The van der Waals surface area contributed by atoms with E-state index in [1.807, 2.05) is 6.07 Å². The molecule has 0 unspecified atom stereocenters. The van der Waals surface area contributed by atoms with Crippen molar-refractivity contribution in [1.29, 1.82) is 5.26 Å². The summed E-state index contributed by atoms with van der Waals surface area (Å²) in [5.41, 5.74) is -0.354. The Balaban J connectivity index is 3.02. The maximum Gasteiger partial charge on any atom is 0.240 e. The first-order chi connectivity index (χ1) is 8.18. The van der Waals surface area contributed by atoms with Gasteiger partial charge < -0.3 is 0 Å². The maximum atomic E-state index is 13.1. The van der Waals surface area contributed by atoms with Crippen LogP contribution in [0.15, 0.2) is 23.1 Å². The van der Waals surface area contributed by atoms with Crippen molar-refractivity contribution in [3.63, 3.8) is 0 Å². The topological polar surface area (TPSA) is 70.0 Å². The van der Waals surface area contributed by atoms with Crippen molar-refractivity contribution >= 4 is 10.0 Å². The summed E-state index contributed by atoms with van der Waals surface area (Å²) in [4.78, 5) is -0.101. The van der Waals surface area contributed by atoms with Crippen LogP contribution in [0.5, 0.6) is 0 Å². The van der Waals surface area contributed by atoms with Crippen molar-refractivity contribution in [1.82, 2.24) is 4.72 Å². The monoisotopic (exact) mass is 270 g/mol. The van der Waals surface area contributed by atoms with Gasteiger partial charge in [-0.3, -0.25) is 0 Å². The van der Waals surface area contributed by atoms with Gasteiger partial charge in [-0.25, -0.2) is 17.5 Å². The molecule has 1 aromatic rings. The molecule has 0 aromatic heterocycles. The highest BCUT2D eigenvalue weighted by atomic mass is 32.2. The lowest BCUT2D eigenvalue weighted by atomic mass is 9.97. The predicted molar refractivity (Wildman–Crippen MR) is 65.7 cm³/mol. The standard InChI is InChI=1S/C12H15FN2O2S/c1-9-4-5-10(13)6-11(9)18(16,17)15-8-12(2,3)7-14/h4-6,15H,8H2,1-3H3. The molecule has 0 aliphatic heterocycles. The van der Waals surface area contributed by atoms with Gasteiger partial charge in [-0.2, -0.15) is 5.26 Å². The third-order valence-corrected chi connectivity index (χ3v) is 3.99. The summed E-state index contributed by atoms with van der Waals surface area (Å²) >= 11 is 0. The lowest BCUT2D eigenvalue weighted by molar-refractivity contribution is 0.478. The van der Waals surface area contributed by atoms with Crippen LogP contribution < -0.4 is 4.72 Å². The molecule has 0 heterocycles. The lowest BCUT2D eigenvalue weighted by Crippen LogP contribution is -2.33. The number of hydrogen-bond acceptors (Lipinski definition) is 3. The van der Waals surface area contributed by atoms with Crippen molar-refractivity contribution < 1.29 is 12.8 Å². The summed E-state index contributed by atoms with van der Waals surface area (Å²) in [6, 6.07) is 5.56. The van der Waals surface area contributed by atoms with Crippen LogP contribution in [0.2, 0.25) is 0 Å². The fraction of sp³-hybridized carbons (Fsp3) is 0.417. The highest BCUT2D eigenvalue weighted by Gasteiger charge is 2.23. The number of nitrogens with one attached hydrogen (secondary N) is 1. The Morgan fingerprint density at radius 2 is 2.06 bits per heavy atom. The minimum absolute atomic E-state index is 0.0260. The minimum Gasteiger partial charge on any atom is -0.210 e. The molecule has 0 atom stereocenters. The third kappa shape index (κ3) is 3.52. The van der Waals surface area contributed by atoms with Crippen molar-refractivity contribution in [2.45, 2.75) is 25.7 Å². The molecule has 6 heteroatoms. The van der Waals surface area contributed by atoms with Crippen molar-refractivity contribution in [3.05, 3.63) is 29.6 Å². The van der Waals surface area contributed by atoms with E-state index in [0.29, 0.717) is 5.56 Å². The average molecular weight is 270 g/mol. The van der Waals surface area contributed by atoms with E-state index in [0.717, 1.165) is 6.07 Å². The highest BCUT2D eigenvalue weighted by Crippen LogP contribution is 2.18. The molecular weight excluding hydrogens is 255 g/mol. The van der Waals surface area contributed by atoms with E-state index in [4.69, 9.17) is 5.26 Å². The Bertz CT molecular complexity index is 589. The minimum atomic E-state index is -3.80. The summed E-state index contributed by atoms with van der Waals surface area (Å²) < 4.78 is 39.4. The number of sulfonamides is 1. The van der Waals surface area contributed by atoms with Gasteiger partial charge in [0.05, 0.1) is 16.4 Å². The van der Waals surface area contributed by atoms with E-state index in [1.165, 1.54) is 12.1 Å². The van der Waals surface area contributed by atoms with Gasteiger partial charge in [0.15, 0.2) is 0 Å². The number of rotatable bonds is 4. The molecule has 1 rings (SSSR count). The number of nitriles is 1. The Hall–Kier alpha value is -1.45. The van der Waals surface area contributed by atoms with E-state index < -0.39 is 21.3 Å². The first-order valence-corrected chi connectivity index (χ1v) is 6.83. The van der Waals surface area contributed by atoms with Crippen LogP contribution in [0.3, 0.4) is 0 Å². The summed E-state index contributed by atoms with van der Waals surface area (Å²) in [6.45, 7) is 4.80. The van der Waals surface area contributed by atoms with Gasteiger partial charge >= 0.3 is 0 Å². The molecule has 0 saturated carbocycles. The van der Waals surface area contributed by atoms with Gasteiger partial charge in [0, 0.05) is 6.54 Å². The highest BCUT2D eigenvalue weighted by molar-refractivity contribution is 7.89. The number of nitrogens with zero attached hydrogens (tertiary/aromatic N) is 1. The Kier molecular flexibility index (Phi) is 4.09. The number of hydrogen-bond donors (Lipinski definition) is 1. The molecule has 0 saturated heterocycles. The van der Waals surface area contributed by atoms with Crippen LogP contribution in [0.1, 0.15) is 19.4 Å². The number of halogens is 1.